The normalized spacial score (nSPS) is 19.7. The van der Waals surface area contributed by atoms with Gasteiger partial charge in [-0.15, -0.1) is 0 Å². The van der Waals surface area contributed by atoms with Gasteiger partial charge in [0, 0.05) is 56.0 Å². The van der Waals surface area contributed by atoms with Crippen LogP contribution in [0.2, 0.25) is 10.0 Å². The number of carbonyl (C=O) groups is 2. The van der Waals surface area contributed by atoms with Crippen molar-refractivity contribution < 1.29 is 9.59 Å². The largest absolute Gasteiger partial charge is 0.341 e. The minimum atomic E-state index is -0.117. The Bertz CT molecular complexity index is 1360. The van der Waals surface area contributed by atoms with Crippen LogP contribution in [0.1, 0.15) is 69.3 Å². The second-order valence-electron chi connectivity index (χ2n) is 9.80. The van der Waals surface area contributed by atoms with Crippen LogP contribution in [0.3, 0.4) is 0 Å². The molecule has 35 heavy (non-hydrogen) atoms. The molecule has 1 aromatic carbocycles. The van der Waals surface area contributed by atoms with Gasteiger partial charge in [0.25, 0.3) is 11.8 Å². The molecule has 2 aromatic heterocycles. The van der Waals surface area contributed by atoms with E-state index in [0.717, 1.165) is 42.2 Å². The zero-order chi connectivity index (χ0) is 24.4. The quantitative estimate of drug-likeness (QED) is 0.528. The third-order valence-electron chi connectivity index (χ3n) is 7.32. The van der Waals surface area contributed by atoms with Crippen molar-refractivity contribution in [2.24, 2.45) is 7.05 Å². The van der Waals surface area contributed by atoms with Crippen LogP contribution in [-0.2, 0) is 33.1 Å². The molecule has 1 saturated carbocycles. The number of benzene rings is 1. The maximum Gasteiger partial charge on any atom is 0.271 e. The Kier molecular flexibility index (Phi) is 5.41. The molecule has 6 rings (SSSR count). The molecule has 0 spiro atoms. The highest BCUT2D eigenvalue weighted by Crippen LogP contribution is 2.38. The SMILES string of the molecule is C[C@@H]1Cc2cn3c(c2CN1C(=O)c1ccc(Cl)c(Cl)c1)C(=O)N(Cc1nc(C2CC2)nn1C)CC3. The Morgan fingerprint density at radius 3 is 2.71 bits per heavy atom. The van der Waals surface area contributed by atoms with E-state index >= 15 is 0 Å². The van der Waals surface area contributed by atoms with Crippen molar-refractivity contribution in [3.8, 4) is 0 Å². The molecule has 182 valence electrons. The lowest BCUT2D eigenvalue weighted by Gasteiger charge is -2.35. The van der Waals surface area contributed by atoms with Crippen molar-refractivity contribution in [1.29, 1.82) is 0 Å². The summed E-state index contributed by atoms with van der Waals surface area (Å²) in [5, 5.41) is 5.31. The van der Waals surface area contributed by atoms with Crippen LogP contribution in [-0.4, -0.2) is 53.5 Å². The number of rotatable bonds is 4. The lowest BCUT2D eigenvalue weighted by molar-refractivity contribution is 0.0635. The first-order chi connectivity index (χ1) is 16.8. The second kappa shape index (κ2) is 8.38. The third-order valence-corrected chi connectivity index (χ3v) is 8.06. The van der Waals surface area contributed by atoms with Crippen LogP contribution in [0.5, 0.6) is 0 Å². The topological polar surface area (TPSA) is 76.3 Å². The standard InChI is InChI=1S/C25H26Cl2N6O2/c1-14-9-17-11-31-7-8-32(13-21-28-23(15-3-4-15)29-30(21)2)25(35)22(31)18(17)12-33(14)24(34)16-5-6-19(26)20(27)10-16/h5-6,10-11,14-15H,3-4,7-9,12-13H2,1-2H3/t14-/m1/s1. The second-order valence-corrected chi connectivity index (χ2v) is 10.6. The molecule has 1 aliphatic carbocycles. The van der Waals surface area contributed by atoms with Crippen LogP contribution >= 0.6 is 23.2 Å². The minimum Gasteiger partial charge on any atom is -0.341 e. The average molecular weight is 513 g/mol. The van der Waals surface area contributed by atoms with E-state index in [0.29, 0.717) is 53.3 Å². The van der Waals surface area contributed by atoms with Gasteiger partial charge in [0.15, 0.2) is 5.82 Å². The highest BCUT2D eigenvalue weighted by atomic mass is 35.5. The number of amides is 2. The lowest BCUT2D eigenvalue weighted by Crippen LogP contribution is -2.44. The van der Waals surface area contributed by atoms with E-state index in [2.05, 4.69) is 15.9 Å². The van der Waals surface area contributed by atoms with Crippen LogP contribution < -0.4 is 0 Å². The summed E-state index contributed by atoms with van der Waals surface area (Å²) in [7, 11) is 1.89. The van der Waals surface area contributed by atoms with Crippen LogP contribution in [0.4, 0.5) is 0 Å². The number of nitrogens with zero attached hydrogens (tertiary/aromatic N) is 6. The molecule has 3 aromatic rings. The predicted octanol–water partition coefficient (Wildman–Crippen LogP) is 4.04. The van der Waals surface area contributed by atoms with Crippen molar-refractivity contribution in [3.63, 3.8) is 0 Å². The molecule has 0 N–H and O–H groups in total. The van der Waals surface area contributed by atoms with Gasteiger partial charge in [-0.25, -0.2) is 4.98 Å². The first kappa shape index (κ1) is 22.6. The first-order valence-electron chi connectivity index (χ1n) is 12.0. The number of halogens is 2. The fraction of sp³-hybridized carbons (Fsp3) is 0.440. The molecule has 0 saturated heterocycles. The van der Waals surface area contributed by atoms with E-state index in [9.17, 15) is 9.59 Å². The summed E-state index contributed by atoms with van der Waals surface area (Å²) in [5.74, 6) is 2.02. The number of hydrogen-bond acceptors (Lipinski definition) is 4. The minimum absolute atomic E-state index is 0.000371. The Hall–Kier alpha value is -2.84. The first-order valence-corrected chi connectivity index (χ1v) is 12.7. The van der Waals surface area contributed by atoms with Crippen molar-refractivity contribution in [2.75, 3.05) is 6.54 Å². The van der Waals surface area contributed by atoms with Crippen LogP contribution in [0, 0.1) is 0 Å². The zero-order valence-corrected chi connectivity index (χ0v) is 21.2. The molecular weight excluding hydrogens is 487 g/mol. The van der Waals surface area contributed by atoms with Gasteiger partial charge in [-0.05, 0) is 49.9 Å². The molecule has 8 nitrogen and oxygen atoms in total. The number of aryl methyl sites for hydroxylation is 1. The molecule has 0 bridgehead atoms. The summed E-state index contributed by atoms with van der Waals surface area (Å²) in [6, 6.07) is 4.94. The molecule has 10 heteroatoms. The highest BCUT2D eigenvalue weighted by molar-refractivity contribution is 6.42. The fourth-order valence-corrected chi connectivity index (χ4v) is 5.45. The van der Waals surface area contributed by atoms with Gasteiger partial charge in [0.2, 0.25) is 0 Å². The monoisotopic (exact) mass is 512 g/mol. The number of carbonyl (C=O) groups excluding carboxylic acids is 2. The van der Waals surface area contributed by atoms with E-state index < -0.39 is 0 Å². The molecular formula is C25H26Cl2N6O2. The molecule has 1 atom stereocenters. The molecule has 2 aliphatic heterocycles. The third kappa shape index (κ3) is 3.93. The predicted molar refractivity (Wildman–Crippen MR) is 132 cm³/mol. The van der Waals surface area contributed by atoms with E-state index in [1.54, 1.807) is 22.9 Å². The molecule has 3 aliphatic rings. The summed E-state index contributed by atoms with van der Waals surface area (Å²) in [4.78, 5) is 35.4. The maximum atomic E-state index is 13.6. The van der Waals surface area contributed by atoms with Crippen LogP contribution in [0.15, 0.2) is 24.4 Å². The van der Waals surface area contributed by atoms with Gasteiger partial charge in [0.05, 0.1) is 16.6 Å². The van der Waals surface area contributed by atoms with E-state index in [-0.39, 0.29) is 17.9 Å². The Labute approximate surface area is 213 Å². The fourth-order valence-electron chi connectivity index (χ4n) is 5.15. The molecule has 0 radical (unpaired) electrons. The van der Waals surface area contributed by atoms with E-state index in [1.165, 1.54) is 0 Å². The van der Waals surface area contributed by atoms with Crippen LogP contribution in [0.25, 0.3) is 0 Å². The summed E-state index contributed by atoms with van der Waals surface area (Å²) < 4.78 is 3.85. The van der Waals surface area contributed by atoms with Gasteiger partial charge in [-0.1, -0.05) is 23.2 Å². The Morgan fingerprint density at radius 2 is 1.97 bits per heavy atom. The van der Waals surface area contributed by atoms with E-state index in [4.69, 9.17) is 28.2 Å². The number of fused-ring (bicyclic) bond motifs is 3. The zero-order valence-electron chi connectivity index (χ0n) is 19.7. The molecule has 0 unspecified atom stereocenters. The van der Waals surface area contributed by atoms with Gasteiger partial charge >= 0.3 is 0 Å². The Morgan fingerprint density at radius 1 is 1.17 bits per heavy atom. The molecule has 1 fully saturated rings. The van der Waals surface area contributed by atoms with Crippen molar-refractivity contribution in [3.05, 3.63) is 68.5 Å². The highest BCUT2D eigenvalue weighted by Gasteiger charge is 2.37. The maximum absolute atomic E-state index is 13.6. The summed E-state index contributed by atoms with van der Waals surface area (Å²) in [5.41, 5.74) is 3.23. The van der Waals surface area contributed by atoms with Crippen molar-refractivity contribution in [2.45, 2.75) is 57.8 Å². The smallest absolute Gasteiger partial charge is 0.271 e. The van der Waals surface area contributed by atoms with Gasteiger partial charge in [0.1, 0.15) is 11.5 Å². The lowest BCUT2D eigenvalue weighted by atomic mass is 9.95. The average Bonchev–Trinajstić information content (AvgIpc) is 3.52. The van der Waals surface area contributed by atoms with Gasteiger partial charge in [-0.2, -0.15) is 5.10 Å². The number of aromatic nitrogens is 4. The van der Waals surface area contributed by atoms with E-state index in [1.807, 2.05) is 23.8 Å². The molecule has 4 heterocycles. The summed E-state index contributed by atoms with van der Waals surface area (Å²) >= 11 is 12.2. The van der Waals surface area contributed by atoms with Crippen molar-refractivity contribution >= 4 is 35.0 Å². The van der Waals surface area contributed by atoms with Crippen molar-refractivity contribution in [1.82, 2.24) is 29.1 Å². The van der Waals surface area contributed by atoms with Gasteiger partial charge < -0.3 is 14.4 Å². The van der Waals surface area contributed by atoms with Gasteiger partial charge in [-0.3, -0.25) is 14.3 Å². The Balaban J connectivity index is 1.26. The summed E-state index contributed by atoms with van der Waals surface area (Å²) in [6.07, 6.45) is 5.07. The molecule has 2 amide bonds. The summed E-state index contributed by atoms with van der Waals surface area (Å²) in [6.45, 7) is 4.18. The number of hydrogen-bond donors (Lipinski definition) is 0.